The van der Waals surface area contributed by atoms with Gasteiger partial charge in [0.25, 0.3) is 0 Å². The van der Waals surface area contributed by atoms with E-state index < -0.39 is 0 Å². The molecule has 1 N–H and O–H groups in total. The number of hydrogen-bond acceptors (Lipinski definition) is 3. The van der Waals surface area contributed by atoms with Gasteiger partial charge in [-0.15, -0.1) is 0 Å². The highest BCUT2D eigenvalue weighted by Crippen LogP contribution is 2.36. The molecule has 3 aliphatic rings. The van der Waals surface area contributed by atoms with Crippen LogP contribution in [0.15, 0.2) is 0 Å². The molecule has 3 nitrogen and oxygen atoms in total. The fourth-order valence-electron chi connectivity index (χ4n) is 3.73. The van der Waals surface area contributed by atoms with Crippen LogP contribution in [0.1, 0.15) is 32.1 Å². The summed E-state index contributed by atoms with van der Waals surface area (Å²) in [4.78, 5) is 2.79. The van der Waals surface area contributed by atoms with Crippen molar-refractivity contribution in [2.24, 2.45) is 5.92 Å². The van der Waals surface area contributed by atoms with E-state index in [2.05, 4.69) is 10.2 Å². The number of nitrogens with zero attached hydrogens (tertiary/aromatic N) is 1. The summed E-state index contributed by atoms with van der Waals surface area (Å²) < 4.78 is 5.51. The largest absolute Gasteiger partial charge is 0.381 e. The summed E-state index contributed by atoms with van der Waals surface area (Å²) in [7, 11) is 0. The molecule has 3 heteroatoms. The van der Waals surface area contributed by atoms with Gasteiger partial charge in [-0.05, 0) is 25.2 Å². The van der Waals surface area contributed by atoms with Gasteiger partial charge in [-0.3, -0.25) is 4.90 Å². The smallest absolute Gasteiger partial charge is 0.0507 e. The van der Waals surface area contributed by atoms with E-state index >= 15 is 0 Å². The van der Waals surface area contributed by atoms with E-state index in [4.69, 9.17) is 4.74 Å². The van der Waals surface area contributed by atoms with E-state index in [1.807, 2.05) is 0 Å². The minimum atomic E-state index is 0.515. The number of rotatable bonds is 2. The fraction of sp³-hybridized carbons (Fsp3) is 1.00. The van der Waals surface area contributed by atoms with E-state index in [1.165, 1.54) is 58.3 Å². The van der Waals surface area contributed by atoms with Crippen LogP contribution in [0.3, 0.4) is 0 Å². The summed E-state index contributed by atoms with van der Waals surface area (Å²) >= 11 is 0. The van der Waals surface area contributed by atoms with E-state index in [0.29, 0.717) is 5.54 Å². The molecule has 1 aliphatic carbocycles. The Morgan fingerprint density at radius 3 is 2.94 bits per heavy atom. The fourth-order valence-corrected chi connectivity index (χ4v) is 3.73. The Bertz CT molecular complexity index is 232. The molecule has 0 amide bonds. The molecule has 0 radical (unpaired) electrons. The summed E-state index contributed by atoms with van der Waals surface area (Å²) in [5.74, 6) is 0.801. The van der Waals surface area contributed by atoms with Gasteiger partial charge in [0.05, 0.1) is 6.61 Å². The van der Waals surface area contributed by atoms with E-state index in [-0.39, 0.29) is 0 Å². The van der Waals surface area contributed by atoms with Gasteiger partial charge < -0.3 is 10.1 Å². The molecule has 0 aromatic carbocycles. The van der Waals surface area contributed by atoms with Crippen LogP contribution in [0.5, 0.6) is 0 Å². The Morgan fingerprint density at radius 2 is 2.19 bits per heavy atom. The lowest BCUT2D eigenvalue weighted by Crippen LogP contribution is -2.60. The maximum atomic E-state index is 5.51. The monoisotopic (exact) mass is 224 g/mol. The van der Waals surface area contributed by atoms with Gasteiger partial charge in [0, 0.05) is 38.3 Å². The normalized spacial score (nSPS) is 34.9. The zero-order valence-electron chi connectivity index (χ0n) is 10.2. The molecule has 0 aromatic heterocycles. The average molecular weight is 224 g/mol. The summed E-state index contributed by atoms with van der Waals surface area (Å²) in [6.45, 7) is 6.91. The second-order valence-electron chi connectivity index (χ2n) is 5.78. The van der Waals surface area contributed by atoms with Gasteiger partial charge in [-0.2, -0.15) is 0 Å². The van der Waals surface area contributed by atoms with Crippen molar-refractivity contribution in [3.05, 3.63) is 0 Å². The quantitative estimate of drug-likeness (QED) is 0.764. The van der Waals surface area contributed by atoms with Crippen molar-refractivity contribution in [3.8, 4) is 0 Å². The van der Waals surface area contributed by atoms with Crippen molar-refractivity contribution in [1.82, 2.24) is 10.2 Å². The predicted molar refractivity (Wildman–Crippen MR) is 64.6 cm³/mol. The first-order chi connectivity index (χ1) is 7.89. The molecular weight excluding hydrogens is 200 g/mol. The minimum Gasteiger partial charge on any atom is -0.381 e. The lowest BCUT2D eigenvalue weighted by molar-refractivity contribution is 0.0466. The van der Waals surface area contributed by atoms with Gasteiger partial charge in [0.2, 0.25) is 0 Å². The highest BCUT2D eigenvalue weighted by molar-refractivity contribution is 4.99. The number of nitrogens with one attached hydrogen (secondary N) is 1. The zero-order chi connectivity index (χ0) is 10.8. The first-order valence-corrected chi connectivity index (χ1v) is 6.93. The standard InChI is InChI=1S/C13H24N2O/c1-2-5-13(4-1)11-14-6-7-15(13)9-12-3-8-16-10-12/h12,14H,1-11H2. The van der Waals surface area contributed by atoms with Crippen LogP contribution in [0.4, 0.5) is 0 Å². The molecule has 92 valence electrons. The van der Waals surface area contributed by atoms with E-state index in [0.717, 1.165) is 19.1 Å². The molecule has 1 spiro atoms. The van der Waals surface area contributed by atoms with Gasteiger partial charge in [0.15, 0.2) is 0 Å². The highest BCUT2D eigenvalue weighted by atomic mass is 16.5. The summed E-state index contributed by atoms with van der Waals surface area (Å²) in [5.41, 5.74) is 0.515. The molecule has 2 heterocycles. The van der Waals surface area contributed by atoms with Gasteiger partial charge in [-0.25, -0.2) is 0 Å². The molecule has 3 fully saturated rings. The first kappa shape index (κ1) is 11.0. The lowest BCUT2D eigenvalue weighted by atomic mass is 9.91. The van der Waals surface area contributed by atoms with Crippen LogP contribution in [-0.2, 0) is 4.74 Å². The lowest BCUT2D eigenvalue weighted by Gasteiger charge is -2.46. The number of ether oxygens (including phenoxy) is 1. The van der Waals surface area contributed by atoms with Crippen LogP contribution in [-0.4, -0.2) is 49.8 Å². The van der Waals surface area contributed by atoms with Crippen LogP contribution >= 0.6 is 0 Å². The molecule has 0 bridgehead atoms. The van der Waals surface area contributed by atoms with Crippen molar-refractivity contribution >= 4 is 0 Å². The third-order valence-corrected chi connectivity index (χ3v) is 4.72. The topological polar surface area (TPSA) is 24.5 Å². The average Bonchev–Trinajstić information content (AvgIpc) is 2.94. The zero-order valence-corrected chi connectivity index (χ0v) is 10.2. The third kappa shape index (κ3) is 2.01. The molecule has 2 aliphatic heterocycles. The maximum absolute atomic E-state index is 5.51. The Labute approximate surface area is 98.5 Å². The molecular formula is C13H24N2O. The predicted octanol–water partition coefficient (Wildman–Crippen LogP) is 1.24. The Kier molecular flexibility index (Phi) is 3.18. The van der Waals surface area contributed by atoms with Crippen molar-refractivity contribution in [2.45, 2.75) is 37.6 Å². The van der Waals surface area contributed by atoms with Crippen molar-refractivity contribution in [3.63, 3.8) is 0 Å². The van der Waals surface area contributed by atoms with Gasteiger partial charge >= 0.3 is 0 Å². The Morgan fingerprint density at radius 1 is 1.31 bits per heavy atom. The Hall–Kier alpha value is -0.120. The van der Waals surface area contributed by atoms with Crippen LogP contribution in [0, 0.1) is 5.92 Å². The van der Waals surface area contributed by atoms with Crippen LogP contribution in [0.2, 0.25) is 0 Å². The summed E-state index contributed by atoms with van der Waals surface area (Å²) in [6.07, 6.45) is 6.96. The van der Waals surface area contributed by atoms with Crippen molar-refractivity contribution < 1.29 is 4.74 Å². The second-order valence-corrected chi connectivity index (χ2v) is 5.78. The van der Waals surface area contributed by atoms with Gasteiger partial charge in [-0.1, -0.05) is 12.8 Å². The summed E-state index contributed by atoms with van der Waals surface area (Å²) in [6, 6.07) is 0. The highest BCUT2D eigenvalue weighted by Gasteiger charge is 2.41. The number of hydrogen-bond donors (Lipinski definition) is 1. The molecule has 2 saturated heterocycles. The maximum Gasteiger partial charge on any atom is 0.0507 e. The molecule has 1 unspecified atom stereocenters. The summed E-state index contributed by atoms with van der Waals surface area (Å²) in [5, 5.41) is 3.60. The molecule has 1 atom stereocenters. The van der Waals surface area contributed by atoms with E-state index in [9.17, 15) is 0 Å². The van der Waals surface area contributed by atoms with Crippen LogP contribution in [0.25, 0.3) is 0 Å². The van der Waals surface area contributed by atoms with Crippen molar-refractivity contribution in [2.75, 3.05) is 39.4 Å². The molecule has 0 aromatic rings. The molecule has 1 saturated carbocycles. The minimum absolute atomic E-state index is 0.515. The van der Waals surface area contributed by atoms with Crippen molar-refractivity contribution in [1.29, 1.82) is 0 Å². The third-order valence-electron chi connectivity index (χ3n) is 4.72. The Balaban J connectivity index is 1.65. The van der Waals surface area contributed by atoms with E-state index in [1.54, 1.807) is 0 Å². The SMILES string of the molecule is C1CCC2(C1)CNCCN2CC1CCOC1. The van der Waals surface area contributed by atoms with Gasteiger partial charge in [0.1, 0.15) is 0 Å². The molecule has 3 rings (SSSR count). The second kappa shape index (κ2) is 4.63. The first-order valence-electron chi connectivity index (χ1n) is 6.93. The molecule has 16 heavy (non-hydrogen) atoms. The van der Waals surface area contributed by atoms with Crippen LogP contribution < -0.4 is 5.32 Å². The number of piperazine rings is 1.